The van der Waals surface area contributed by atoms with Gasteiger partial charge in [0.25, 0.3) is 0 Å². The third kappa shape index (κ3) is 18.2. The summed E-state index contributed by atoms with van der Waals surface area (Å²) in [6.07, 6.45) is 5.91. The molecule has 0 aromatic heterocycles. The van der Waals surface area contributed by atoms with Gasteiger partial charge in [-0.15, -0.1) is 0 Å². The molecule has 17 heteroatoms. The molecule has 6 unspecified atom stereocenters. The largest absolute Gasteiger partial charge is 0.462 e. The molecule has 362 valence electrons. The van der Waals surface area contributed by atoms with Gasteiger partial charge in [-0.3, -0.25) is 4.79 Å². The van der Waals surface area contributed by atoms with Crippen molar-refractivity contribution in [3.8, 4) is 0 Å². The smallest absolute Gasteiger partial charge is 0.308 e. The molecule has 0 amide bonds. The Balaban J connectivity index is 1.83. The minimum atomic E-state index is -2.24. The molecule has 3 heterocycles. The maximum absolute atomic E-state index is 12.6. The molecule has 12 N–H and O–H groups in total. The summed E-state index contributed by atoms with van der Waals surface area (Å²) < 4.78 is 23.3. The average Bonchev–Trinajstić information content (AvgIpc) is 3.22. The van der Waals surface area contributed by atoms with Crippen LogP contribution in [-0.2, 0) is 28.5 Å². The molecule has 0 spiro atoms. The van der Waals surface area contributed by atoms with Crippen LogP contribution in [0, 0.1) is 17.8 Å². The Morgan fingerprint density at radius 2 is 1.20 bits per heavy atom. The maximum atomic E-state index is 12.6. The van der Waals surface area contributed by atoms with Gasteiger partial charge in [0.2, 0.25) is 0 Å². The number of allylic oxidation sites excluding steroid dienone is 12. The van der Waals surface area contributed by atoms with Crippen LogP contribution in [0.3, 0.4) is 0 Å². The number of hydrogen-bond acceptors (Lipinski definition) is 17. The normalized spacial score (nSPS) is 46.0. The molecule has 0 radical (unpaired) electrons. The number of hydrogen-bond donors (Lipinski definition) is 11. The van der Waals surface area contributed by atoms with E-state index in [-0.39, 0.29) is 38.0 Å². The van der Waals surface area contributed by atoms with E-state index < -0.39 is 135 Å². The SMILES string of the molecule is C[C@@H]1[C@H](O)[C@@H](C)\C=C/C=C/C=C/C=C/C=C/C=C/C=C/C(O[C@@H]2O[C@H](C)[C@@H](O)[C@H](N)[C@@H]2O)C[C@@H]2O[C@](O)(CC(O)C(O)CCC(O)CC(O)CC(O)CC(=O)O[C@H]1C)C[C@H](O)[C@H]2C=O. The van der Waals surface area contributed by atoms with E-state index in [1.165, 1.54) is 0 Å². The highest BCUT2D eigenvalue weighted by atomic mass is 16.7. The van der Waals surface area contributed by atoms with Crippen molar-refractivity contribution < 1.29 is 79.6 Å². The molecule has 19 atom stereocenters. The molecule has 64 heavy (non-hydrogen) atoms. The molecule has 0 aliphatic carbocycles. The van der Waals surface area contributed by atoms with Crippen LogP contribution in [0.5, 0.6) is 0 Å². The van der Waals surface area contributed by atoms with Crippen molar-refractivity contribution in [2.24, 2.45) is 23.5 Å². The number of ether oxygens (including phenoxy) is 4. The van der Waals surface area contributed by atoms with Crippen molar-refractivity contribution in [2.75, 3.05) is 0 Å². The predicted octanol–water partition coefficient (Wildman–Crippen LogP) is 0.826. The fourth-order valence-corrected chi connectivity index (χ4v) is 7.83. The fourth-order valence-electron chi connectivity index (χ4n) is 7.83. The topological polar surface area (TPSA) is 299 Å². The molecule has 0 aromatic carbocycles. The van der Waals surface area contributed by atoms with Gasteiger partial charge >= 0.3 is 5.97 Å². The van der Waals surface area contributed by atoms with Crippen LogP contribution >= 0.6 is 0 Å². The zero-order valence-corrected chi connectivity index (χ0v) is 37.2. The van der Waals surface area contributed by atoms with Crippen LogP contribution in [0.1, 0.15) is 79.1 Å². The lowest BCUT2D eigenvalue weighted by atomic mass is 9.83. The highest BCUT2D eigenvalue weighted by Gasteiger charge is 2.49. The van der Waals surface area contributed by atoms with Crippen molar-refractivity contribution in [1.29, 1.82) is 0 Å². The van der Waals surface area contributed by atoms with Crippen LogP contribution in [0.15, 0.2) is 85.1 Å². The van der Waals surface area contributed by atoms with Gasteiger partial charge < -0.3 is 80.5 Å². The molecule has 3 rings (SSSR count). The molecule has 2 bridgehead atoms. The Hall–Kier alpha value is -3.24. The van der Waals surface area contributed by atoms with Gasteiger partial charge in [-0.25, -0.2) is 0 Å². The summed E-state index contributed by atoms with van der Waals surface area (Å²) in [5.41, 5.74) is 6.03. The summed E-state index contributed by atoms with van der Waals surface area (Å²) in [7, 11) is 0. The number of aliphatic hydroxyl groups is 10. The first-order valence-corrected chi connectivity index (χ1v) is 22.2. The number of aldehydes is 1. The van der Waals surface area contributed by atoms with Crippen LogP contribution in [0.25, 0.3) is 0 Å². The summed E-state index contributed by atoms with van der Waals surface area (Å²) in [4.78, 5) is 24.9. The van der Waals surface area contributed by atoms with E-state index in [1.54, 1.807) is 69.4 Å². The van der Waals surface area contributed by atoms with Gasteiger partial charge in [0.1, 0.15) is 18.5 Å². The van der Waals surface area contributed by atoms with E-state index in [2.05, 4.69) is 0 Å². The molecule has 3 aliphatic rings. The number of carbonyl (C=O) groups is 2. The van der Waals surface area contributed by atoms with Crippen LogP contribution in [0.4, 0.5) is 0 Å². The van der Waals surface area contributed by atoms with Crippen LogP contribution < -0.4 is 5.73 Å². The van der Waals surface area contributed by atoms with E-state index in [9.17, 15) is 60.7 Å². The summed E-state index contributed by atoms with van der Waals surface area (Å²) in [6, 6.07) is -1.11. The Morgan fingerprint density at radius 1 is 0.656 bits per heavy atom. The predicted molar refractivity (Wildman–Crippen MR) is 235 cm³/mol. The lowest BCUT2D eigenvalue weighted by molar-refractivity contribution is -0.307. The number of rotatable bonds is 3. The molecule has 2 fully saturated rings. The Morgan fingerprint density at radius 3 is 1.80 bits per heavy atom. The highest BCUT2D eigenvalue weighted by Crippen LogP contribution is 2.37. The van der Waals surface area contributed by atoms with E-state index in [4.69, 9.17) is 24.7 Å². The van der Waals surface area contributed by atoms with Gasteiger partial charge in [-0.2, -0.15) is 0 Å². The summed E-state index contributed by atoms with van der Waals surface area (Å²) in [6.45, 7) is 6.79. The van der Waals surface area contributed by atoms with Gasteiger partial charge in [0.05, 0.1) is 85.5 Å². The maximum Gasteiger partial charge on any atom is 0.308 e. The lowest BCUT2D eigenvalue weighted by Crippen LogP contribution is -2.61. The fraction of sp³-hybridized carbons (Fsp3) is 0.660. The molecular formula is C47H73NO16. The molecule has 0 aromatic rings. The highest BCUT2D eigenvalue weighted by molar-refractivity contribution is 5.70. The number of nitrogens with two attached hydrogens (primary N) is 1. The Kier molecular flexibility index (Phi) is 23.6. The van der Waals surface area contributed by atoms with Crippen LogP contribution in [0.2, 0.25) is 0 Å². The van der Waals surface area contributed by atoms with Crippen molar-refractivity contribution in [1.82, 2.24) is 0 Å². The Bertz CT molecular complexity index is 1620. The second-order valence-electron chi connectivity index (χ2n) is 17.4. The van der Waals surface area contributed by atoms with Gasteiger partial charge in [0, 0.05) is 31.1 Å². The van der Waals surface area contributed by atoms with E-state index in [1.807, 2.05) is 43.4 Å². The first-order chi connectivity index (χ1) is 30.2. The van der Waals surface area contributed by atoms with Crippen molar-refractivity contribution in [3.05, 3.63) is 85.1 Å². The number of aliphatic hydroxyl groups excluding tert-OH is 9. The van der Waals surface area contributed by atoms with Crippen molar-refractivity contribution in [3.63, 3.8) is 0 Å². The molecule has 0 saturated carbocycles. The van der Waals surface area contributed by atoms with Crippen molar-refractivity contribution in [2.45, 2.75) is 177 Å². The zero-order chi connectivity index (χ0) is 47.6. The van der Waals surface area contributed by atoms with E-state index in [0.29, 0.717) is 6.29 Å². The van der Waals surface area contributed by atoms with Crippen LogP contribution in [-0.4, -0.2) is 161 Å². The third-order valence-electron chi connectivity index (χ3n) is 12.0. The summed E-state index contributed by atoms with van der Waals surface area (Å²) in [5.74, 6) is -4.84. The van der Waals surface area contributed by atoms with Gasteiger partial charge in [-0.1, -0.05) is 98.9 Å². The standard InChI is InChI=1S/C47H73NO16/c1-28-17-15-13-11-9-7-5-6-8-10-12-14-16-18-35(63-46-45(59)42(48)44(58)31(4)62-46)24-40-36(27-49)38(54)25-47(60,64-40)26-39(55)37(53)20-19-32(50)21-33(51)22-34(52)23-41(56)61-30(3)29(2)43(28)57/h5-18,27-40,42-46,50-55,57-60H,19-26,48H2,1-4H3/b6-5+,9-7+,10-8+,13-11+,14-12+,17-15-,18-16+/t28-,29-,30-,31+,32?,33?,34?,35?,36+,37?,38-,39?,40-,42-,43+,44+,45-,46-,47-/m0/s1. The first-order valence-electron chi connectivity index (χ1n) is 22.2. The Labute approximate surface area is 376 Å². The number of fused-ring (bicyclic) bond motifs is 2. The number of carbonyl (C=O) groups excluding carboxylic acids is 2. The zero-order valence-electron chi connectivity index (χ0n) is 37.2. The average molecular weight is 908 g/mol. The first kappa shape index (κ1) is 55.1. The van der Waals surface area contributed by atoms with Crippen molar-refractivity contribution >= 4 is 12.3 Å². The second kappa shape index (κ2) is 27.4. The van der Waals surface area contributed by atoms with Gasteiger partial charge in [-0.05, 0) is 39.5 Å². The monoisotopic (exact) mass is 907 g/mol. The molecule has 3 aliphatic heterocycles. The second-order valence-corrected chi connectivity index (χ2v) is 17.4. The molecule has 17 nitrogen and oxygen atoms in total. The quantitative estimate of drug-likeness (QED) is 0.138. The third-order valence-corrected chi connectivity index (χ3v) is 12.0. The molecular weight excluding hydrogens is 835 g/mol. The number of cyclic esters (lactones) is 1. The van der Waals surface area contributed by atoms with E-state index >= 15 is 0 Å². The summed E-state index contributed by atoms with van der Waals surface area (Å²) >= 11 is 0. The number of esters is 1. The minimum absolute atomic E-state index is 0.107. The lowest BCUT2D eigenvalue weighted by Gasteiger charge is -2.45. The van der Waals surface area contributed by atoms with E-state index in [0.717, 1.165) is 0 Å². The molecule has 2 saturated heterocycles. The van der Waals surface area contributed by atoms with Gasteiger partial charge in [0.15, 0.2) is 12.1 Å². The summed E-state index contributed by atoms with van der Waals surface area (Å²) in [5, 5.41) is 108. The minimum Gasteiger partial charge on any atom is -0.462 e.